The molecule has 90 valence electrons. The Labute approximate surface area is 102 Å². The van der Waals surface area contributed by atoms with Crippen LogP contribution in [-0.4, -0.2) is 16.7 Å². The van der Waals surface area contributed by atoms with Crippen molar-refractivity contribution in [2.24, 2.45) is 0 Å². The van der Waals surface area contributed by atoms with Crippen LogP contribution in [0.2, 0.25) is 0 Å². The summed E-state index contributed by atoms with van der Waals surface area (Å²) in [6.07, 6.45) is 6.90. The summed E-state index contributed by atoms with van der Waals surface area (Å²) in [5, 5.41) is 10.3. The van der Waals surface area contributed by atoms with Gasteiger partial charge in [-0.1, -0.05) is 6.07 Å². The lowest BCUT2D eigenvalue weighted by Crippen LogP contribution is -2.00. The molecule has 2 heteroatoms. The van der Waals surface area contributed by atoms with E-state index in [2.05, 4.69) is 23.2 Å². The van der Waals surface area contributed by atoms with E-state index in [-0.39, 0.29) is 6.61 Å². The Morgan fingerprint density at radius 2 is 2.06 bits per heavy atom. The summed E-state index contributed by atoms with van der Waals surface area (Å²) < 4.78 is 0. The van der Waals surface area contributed by atoms with Crippen molar-refractivity contribution in [1.29, 1.82) is 0 Å². The fraction of sp³-hybridized carbons (Fsp3) is 0.467. The van der Waals surface area contributed by atoms with E-state index >= 15 is 0 Å². The first-order valence-electron chi connectivity index (χ1n) is 6.61. The number of aromatic nitrogens is 1. The van der Waals surface area contributed by atoms with Crippen molar-refractivity contribution in [2.45, 2.75) is 38.5 Å². The molecule has 0 atom stereocenters. The van der Waals surface area contributed by atoms with Gasteiger partial charge in [-0.3, -0.25) is 0 Å². The third-order valence-electron chi connectivity index (χ3n) is 3.79. The highest BCUT2D eigenvalue weighted by Crippen LogP contribution is 2.29. The molecule has 0 saturated heterocycles. The molecule has 2 N–H and O–H groups in total. The molecular weight excluding hydrogens is 210 g/mol. The Balaban J connectivity index is 2.02. The first kappa shape index (κ1) is 10.8. The van der Waals surface area contributed by atoms with Gasteiger partial charge in [-0.2, -0.15) is 0 Å². The largest absolute Gasteiger partial charge is 0.396 e. The summed E-state index contributed by atoms with van der Waals surface area (Å²) >= 11 is 0. The summed E-state index contributed by atoms with van der Waals surface area (Å²) in [7, 11) is 0. The molecule has 2 aromatic rings. The zero-order valence-corrected chi connectivity index (χ0v) is 10.1. The number of H-pyrrole nitrogens is 1. The van der Waals surface area contributed by atoms with E-state index in [1.54, 1.807) is 0 Å². The van der Waals surface area contributed by atoms with Crippen LogP contribution in [0.15, 0.2) is 18.2 Å². The Hall–Kier alpha value is -1.28. The van der Waals surface area contributed by atoms with Gasteiger partial charge >= 0.3 is 0 Å². The SMILES string of the molecule is OCCCc1ccc2[nH]c3c(c2c1)CCCC3. The molecule has 0 amide bonds. The zero-order valence-electron chi connectivity index (χ0n) is 10.1. The van der Waals surface area contributed by atoms with Crippen molar-refractivity contribution in [1.82, 2.24) is 4.98 Å². The summed E-state index contributed by atoms with van der Waals surface area (Å²) in [6.45, 7) is 0.281. The number of benzene rings is 1. The van der Waals surface area contributed by atoms with Crippen LogP contribution in [0.5, 0.6) is 0 Å². The fourth-order valence-electron chi connectivity index (χ4n) is 2.89. The highest BCUT2D eigenvalue weighted by Gasteiger charge is 2.15. The molecule has 1 aliphatic rings. The lowest BCUT2D eigenvalue weighted by Gasteiger charge is -2.10. The van der Waals surface area contributed by atoms with Gasteiger partial charge in [0.15, 0.2) is 0 Å². The summed E-state index contributed by atoms with van der Waals surface area (Å²) in [5.74, 6) is 0. The molecule has 0 radical (unpaired) electrons. The van der Waals surface area contributed by atoms with Crippen LogP contribution in [0.3, 0.4) is 0 Å². The molecule has 17 heavy (non-hydrogen) atoms. The van der Waals surface area contributed by atoms with E-state index in [0.29, 0.717) is 0 Å². The van der Waals surface area contributed by atoms with Crippen LogP contribution in [0, 0.1) is 0 Å². The summed E-state index contributed by atoms with van der Waals surface area (Å²) in [4.78, 5) is 3.55. The topological polar surface area (TPSA) is 36.0 Å². The van der Waals surface area contributed by atoms with Crippen molar-refractivity contribution in [3.8, 4) is 0 Å². The van der Waals surface area contributed by atoms with E-state index in [1.807, 2.05) is 0 Å². The number of aryl methyl sites for hydroxylation is 3. The van der Waals surface area contributed by atoms with Crippen LogP contribution < -0.4 is 0 Å². The summed E-state index contributed by atoms with van der Waals surface area (Å²) in [6, 6.07) is 6.69. The number of aliphatic hydroxyl groups excluding tert-OH is 1. The first-order chi connectivity index (χ1) is 8.38. The molecule has 1 aromatic carbocycles. The van der Waals surface area contributed by atoms with Crippen molar-refractivity contribution in [3.05, 3.63) is 35.0 Å². The van der Waals surface area contributed by atoms with Gasteiger partial charge in [-0.15, -0.1) is 0 Å². The standard InChI is InChI=1S/C15H19NO/c17-9-3-4-11-7-8-15-13(10-11)12-5-1-2-6-14(12)16-15/h7-8,10,16-17H,1-6,9H2. The minimum Gasteiger partial charge on any atom is -0.396 e. The Morgan fingerprint density at radius 1 is 1.18 bits per heavy atom. The molecule has 2 nitrogen and oxygen atoms in total. The highest BCUT2D eigenvalue weighted by atomic mass is 16.2. The Bertz CT molecular complexity index is 527. The predicted octanol–water partition coefficient (Wildman–Crippen LogP) is 2.97. The van der Waals surface area contributed by atoms with Crippen molar-refractivity contribution < 1.29 is 5.11 Å². The van der Waals surface area contributed by atoms with E-state index < -0.39 is 0 Å². The van der Waals surface area contributed by atoms with E-state index in [1.165, 1.54) is 53.4 Å². The number of rotatable bonds is 3. The monoisotopic (exact) mass is 229 g/mol. The van der Waals surface area contributed by atoms with Gasteiger partial charge in [-0.25, -0.2) is 0 Å². The van der Waals surface area contributed by atoms with Crippen molar-refractivity contribution in [2.75, 3.05) is 6.61 Å². The highest BCUT2D eigenvalue weighted by molar-refractivity contribution is 5.85. The molecule has 1 heterocycles. The Morgan fingerprint density at radius 3 is 2.94 bits per heavy atom. The van der Waals surface area contributed by atoms with E-state index in [9.17, 15) is 0 Å². The zero-order chi connectivity index (χ0) is 11.7. The molecule has 1 aromatic heterocycles. The molecule has 0 fully saturated rings. The fourth-order valence-corrected chi connectivity index (χ4v) is 2.89. The lowest BCUT2D eigenvalue weighted by molar-refractivity contribution is 0.288. The Kier molecular flexibility index (Phi) is 2.89. The maximum atomic E-state index is 8.89. The van der Waals surface area contributed by atoms with Gasteiger partial charge in [0.2, 0.25) is 0 Å². The van der Waals surface area contributed by atoms with Crippen LogP contribution in [-0.2, 0) is 19.3 Å². The normalized spacial score (nSPS) is 15.1. The number of aromatic amines is 1. The second-order valence-electron chi connectivity index (χ2n) is 5.00. The lowest BCUT2D eigenvalue weighted by atomic mass is 9.95. The molecule has 0 spiro atoms. The quantitative estimate of drug-likeness (QED) is 0.834. The number of aliphatic hydroxyl groups is 1. The van der Waals surface area contributed by atoms with Crippen LogP contribution in [0.1, 0.15) is 36.1 Å². The third kappa shape index (κ3) is 1.98. The van der Waals surface area contributed by atoms with Crippen LogP contribution in [0.25, 0.3) is 10.9 Å². The van der Waals surface area contributed by atoms with Gasteiger partial charge in [0.25, 0.3) is 0 Å². The molecule has 0 bridgehead atoms. The molecule has 0 saturated carbocycles. The van der Waals surface area contributed by atoms with Gasteiger partial charge < -0.3 is 10.1 Å². The molecular formula is C15H19NO. The minimum atomic E-state index is 0.281. The maximum absolute atomic E-state index is 8.89. The van der Waals surface area contributed by atoms with Crippen molar-refractivity contribution >= 4 is 10.9 Å². The van der Waals surface area contributed by atoms with E-state index in [0.717, 1.165) is 12.8 Å². The predicted molar refractivity (Wildman–Crippen MR) is 70.3 cm³/mol. The summed E-state index contributed by atoms with van der Waals surface area (Å²) in [5.41, 5.74) is 5.62. The van der Waals surface area contributed by atoms with Crippen LogP contribution >= 0.6 is 0 Å². The molecule has 1 aliphatic carbocycles. The van der Waals surface area contributed by atoms with Gasteiger partial charge in [-0.05, 0) is 61.8 Å². The maximum Gasteiger partial charge on any atom is 0.0459 e. The minimum absolute atomic E-state index is 0.281. The van der Waals surface area contributed by atoms with Gasteiger partial charge in [0, 0.05) is 23.2 Å². The average Bonchev–Trinajstić information content (AvgIpc) is 2.74. The second-order valence-corrected chi connectivity index (χ2v) is 5.00. The number of nitrogens with one attached hydrogen (secondary N) is 1. The molecule has 3 rings (SSSR count). The second kappa shape index (κ2) is 4.53. The van der Waals surface area contributed by atoms with Gasteiger partial charge in [0.05, 0.1) is 0 Å². The smallest absolute Gasteiger partial charge is 0.0459 e. The van der Waals surface area contributed by atoms with Crippen LogP contribution in [0.4, 0.5) is 0 Å². The average molecular weight is 229 g/mol. The molecule has 0 aliphatic heterocycles. The third-order valence-corrected chi connectivity index (χ3v) is 3.79. The van der Waals surface area contributed by atoms with E-state index in [4.69, 9.17) is 5.11 Å². The first-order valence-corrected chi connectivity index (χ1v) is 6.61. The number of hydrogen-bond acceptors (Lipinski definition) is 1. The van der Waals surface area contributed by atoms with Crippen molar-refractivity contribution in [3.63, 3.8) is 0 Å². The number of fused-ring (bicyclic) bond motifs is 3. The van der Waals surface area contributed by atoms with Gasteiger partial charge in [0.1, 0.15) is 0 Å². The number of hydrogen-bond donors (Lipinski definition) is 2. The molecule has 0 unspecified atom stereocenters.